The van der Waals surface area contributed by atoms with Crippen LogP contribution < -0.4 is 9.62 Å². The van der Waals surface area contributed by atoms with Crippen LogP contribution in [0.3, 0.4) is 0 Å². The summed E-state index contributed by atoms with van der Waals surface area (Å²) in [5, 5.41) is 0.422. The zero-order valence-electron chi connectivity index (χ0n) is 22.5. The predicted molar refractivity (Wildman–Crippen MR) is 148 cm³/mol. The predicted octanol–water partition coefficient (Wildman–Crippen LogP) is 5.06. The molecule has 0 fully saturated rings. The van der Waals surface area contributed by atoms with Gasteiger partial charge in [-0.1, -0.05) is 37.4 Å². The molecule has 10 nitrogen and oxygen atoms in total. The van der Waals surface area contributed by atoms with Crippen molar-refractivity contribution in [3.63, 3.8) is 0 Å². The number of pyridine rings is 1. The van der Waals surface area contributed by atoms with Crippen LogP contribution in [0.2, 0.25) is 5.02 Å². The molecule has 2 aromatic heterocycles. The lowest BCUT2D eigenvalue weighted by molar-refractivity contribution is 0.0589. The summed E-state index contributed by atoms with van der Waals surface area (Å²) in [6.07, 6.45) is 1.61. The van der Waals surface area contributed by atoms with E-state index in [0.717, 1.165) is 18.4 Å². The zero-order valence-corrected chi connectivity index (χ0v) is 24.1. The number of aryl methyl sites for hydroxylation is 1. The molecule has 0 bridgehead atoms. The lowest BCUT2D eigenvalue weighted by Gasteiger charge is -2.25. The molecule has 0 aliphatic carbocycles. The Kier molecular flexibility index (Phi) is 9.04. The maximum absolute atomic E-state index is 12.7. The summed E-state index contributed by atoms with van der Waals surface area (Å²) in [4.78, 5) is 35.4. The number of hydrogen-bond acceptors (Lipinski definition) is 7. The average molecular weight is 564 g/mol. The summed E-state index contributed by atoms with van der Waals surface area (Å²) in [6, 6.07) is 8.30. The third-order valence-electron chi connectivity index (χ3n) is 5.70. The second-order valence-electron chi connectivity index (χ2n) is 10.1. The number of imidazole rings is 1. The summed E-state index contributed by atoms with van der Waals surface area (Å²) < 4.78 is 33.8. The average Bonchev–Trinajstić information content (AvgIpc) is 3.12. The van der Waals surface area contributed by atoms with E-state index in [1.807, 2.05) is 6.92 Å². The Morgan fingerprint density at radius 3 is 2.47 bits per heavy atom. The number of carbonyl (C=O) groups is 2. The fraction of sp³-hybridized carbons (Fsp3) is 0.462. The van der Waals surface area contributed by atoms with E-state index in [2.05, 4.69) is 14.7 Å². The number of ether oxygens (including phenoxy) is 1. The van der Waals surface area contributed by atoms with Gasteiger partial charge in [0.05, 0.1) is 12.3 Å². The summed E-state index contributed by atoms with van der Waals surface area (Å²) in [6.45, 7) is 9.45. The molecule has 0 aliphatic heterocycles. The monoisotopic (exact) mass is 563 g/mol. The molecule has 0 spiro atoms. The van der Waals surface area contributed by atoms with E-state index >= 15 is 0 Å². The third-order valence-corrected chi connectivity index (χ3v) is 7.37. The highest BCUT2D eigenvalue weighted by Gasteiger charge is 2.22. The molecule has 1 N–H and O–H groups in total. The molecule has 1 aromatic carbocycles. The van der Waals surface area contributed by atoms with Crippen molar-refractivity contribution in [2.75, 3.05) is 17.7 Å². The summed E-state index contributed by atoms with van der Waals surface area (Å²) in [5.41, 5.74) is 1.63. The van der Waals surface area contributed by atoms with Gasteiger partial charge in [0, 0.05) is 17.8 Å². The summed E-state index contributed by atoms with van der Waals surface area (Å²) in [7, 11) is -2.15. The van der Waals surface area contributed by atoms with Gasteiger partial charge in [0.15, 0.2) is 5.65 Å². The van der Waals surface area contributed by atoms with E-state index in [-0.39, 0.29) is 11.4 Å². The second-order valence-corrected chi connectivity index (χ2v) is 12.3. The van der Waals surface area contributed by atoms with Crippen LogP contribution in [0.5, 0.6) is 0 Å². The van der Waals surface area contributed by atoms with Gasteiger partial charge >= 0.3 is 6.09 Å². The van der Waals surface area contributed by atoms with Crippen LogP contribution in [0, 0.1) is 6.92 Å². The Balaban J connectivity index is 1.83. The minimum atomic E-state index is -3.76. The highest BCUT2D eigenvalue weighted by molar-refractivity contribution is 7.90. The Bertz CT molecular complexity index is 1450. The Morgan fingerprint density at radius 2 is 1.84 bits per heavy atom. The van der Waals surface area contributed by atoms with Crippen molar-refractivity contribution in [3.05, 3.63) is 52.4 Å². The number of nitrogens with one attached hydrogen (secondary N) is 1. The molecule has 0 saturated carbocycles. The van der Waals surface area contributed by atoms with Crippen molar-refractivity contribution < 1.29 is 22.7 Å². The van der Waals surface area contributed by atoms with Crippen molar-refractivity contribution in [2.45, 2.75) is 66.0 Å². The molecular formula is C26H34ClN5O5S. The van der Waals surface area contributed by atoms with Crippen LogP contribution in [-0.4, -0.2) is 53.4 Å². The number of sulfonamides is 1. The minimum absolute atomic E-state index is 0.0295. The molecule has 0 aliphatic rings. The molecule has 2 heterocycles. The Labute approximate surface area is 228 Å². The standard InChI is InChI=1S/C26H34ClN5O5S/c1-7-8-9-14-38(35,36)30-24(33)22-13-12-21-23(29-22)32(17(2)28-21)16-18-10-11-19(15-20(18)27)31(6)25(34)37-26(3,4)5/h10-13,15H,7-9,14,16H2,1-6H3,(H,30,33). The van der Waals surface area contributed by atoms with E-state index in [0.29, 0.717) is 40.7 Å². The van der Waals surface area contributed by atoms with Crippen molar-refractivity contribution in [3.8, 4) is 0 Å². The fourth-order valence-corrected chi connectivity index (χ4v) is 5.00. The SMILES string of the molecule is CCCCCS(=O)(=O)NC(=O)c1ccc2nc(C)n(Cc3ccc(N(C)C(=O)OC(C)(C)C)cc3Cl)c2n1. The normalized spacial score (nSPS) is 12.0. The first-order valence-corrected chi connectivity index (χ1v) is 14.4. The summed E-state index contributed by atoms with van der Waals surface area (Å²) >= 11 is 6.57. The number of unbranched alkanes of at least 4 members (excludes halogenated alkanes) is 2. The fourth-order valence-electron chi connectivity index (χ4n) is 3.70. The molecule has 0 atom stereocenters. The lowest BCUT2D eigenvalue weighted by Crippen LogP contribution is -2.34. The maximum atomic E-state index is 12.7. The van der Waals surface area contributed by atoms with Crippen molar-refractivity contribution >= 4 is 50.5 Å². The van der Waals surface area contributed by atoms with Gasteiger partial charge < -0.3 is 9.30 Å². The largest absolute Gasteiger partial charge is 0.443 e. The number of halogens is 1. The van der Waals surface area contributed by atoms with Crippen molar-refractivity contribution in [1.82, 2.24) is 19.3 Å². The van der Waals surface area contributed by atoms with E-state index in [1.54, 1.807) is 63.6 Å². The molecule has 206 valence electrons. The van der Waals surface area contributed by atoms with Crippen molar-refractivity contribution in [2.24, 2.45) is 0 Å². The number of nitrogens with zero attached hydrogens (tertiary/aromatic N) is 4. The molecule has 0 radical (unpaired) electrons. The van der Waals surface area contributed by atoms with Gasteiger partial charge in [-0.2, -0.15) is 0 Å². The highest BCUT2D eigenvalue weighted by Crippen LogP contribution is 2.26. The topological polar surface area (TPSA) is 123 Å². The first kappa shape index (κ1) is 29.4. The van der Waals surface area contributed by atoms with E-state index in [1.165, 1.54) is 11.0 Å². The third kappa shape index (κ3) is 7.44. The second kappa shape index (κ2) is 11.7. The van der Waals surface area contributed by atoms with Gasteiger partial charge in [0.1, 0.15) is 22.6 Å². The van der Waals surface area contributed by atoms with Crippen molar-refractivity contribution in [1.29, 1.82) is 0 Å². The minimum Gasteiger partial charge on any atom is -0.443 e. The molecule has 0 unspecified atom stereocenters. The number of aromatic nitrogens is 3. The van der Waals surface area contributed by atoms with Gasteiger partial charge in [0.2, 0.25) is 10.0 Å². The van der Waals surface area contributed by atoms with Gasteiger partial charge in [-0.25, -0.2) is 27.9 Å². The number of hydrogen-bond donors (Lipinski definition) is 1. The molecule has 12 heteroatoms. The molecule has 3 rings (SSSR count). The van der Waals surface area contributed by atoms with Crippen LogP contribution in [0.25, 0.3) is 11.2 Å². The molecule has 2 amide bonds. The Morgan fingerprint density at radius 1 is 1.13 bits per heavy atom. The quantitative estimate of drug-likeness (QED) is 0.361. The van der Waals surface area contributed by atoms with Gasteiger partial charge in [-0.05, 0) is 63.9 Å². The van der Waals surface area contributed by atoms with Gasteiger partial charge in [-0.15, -0.1) is 0 Å². The van der Waals surface area contributed by atoms with E-state index in [9.17, 15) is 18.0 Å². The molecular weight excluding hydrogens is 530 g/mol. The Hall–Kier alpha value is -3.18. The number of carbonyl (C=O) groups excluding carboxylic acids is 2. The van der Waals surface area contributed by atoms with Crippen LogP contribution in [0.4, 0.5) is 10.5 Å². The molecule has 3 aromatic rings. The number of fused-ring (bicyclic) bond motifs is 1. The summed E-state index contributed by atoms with van der Waals surface area (Å²) in [5.74, 6) is -0.270. The van der Waals surface area contributed by atoms with Gasteiger partial charge in [-0.3, -0.25) is 9.69 Å². The number of amides is 2. The number of anilines is 1. The van der Waals surface area contributed by atoms with Crippen LogP contribution in [0.15, 0.2) is 30.3 Å². The zero-order chi connectivity index (χ0) is 28.3. The first-order chi connectivity index (χ1) is 17.7. The van der Waals surface area contributed by atoms with Crippen LogP contribution >= 0.6 is 11.6 Å². The first-order valence-electron chi connectivity index (χ1n) is 12.3. The van der Waals surface area contributed by atoms with E-state index in [4.69, 9.17) is 16.3 Å². The van der Waals surface area contributed by atoms with Crippen LogP contribution in [0.1, 0.15) is 68.8 Å². The maximum Gasteiger partial charge on any atom is 0.414 e. The smallest absolute Gasteiger partial charge is 0.414 e. The van der Waals surface area contributed by atoms with E-state index < -0.39 is 27.6 Å². The number of rotatable bonds is 9. The molecule has 38 heavy (non-hydrogen) atoms. The lowest BCUT2D eigenvalue weighted by atomic mass is 10.2. The highest BCUT2D eigenvalue weighted by atomic mass is 35.5. The van der Waals surface area contributed by atoms with Gasteiger partial charge in [0.25, 0.3) is 5.91 Å². The molecule has 0 saturated heterocycles. The number of benzene rings is 1. The van der Waals surface area contributed by atoms with Crippen LogP contribution in [-0.2, 0) is 21.3 Å².